The average Bonchev–Trinajstić information content (AvgIpc) is 2.33. The van der Waals surface area contributed by atoms with Crippen LogP contribution in [0.15, 0.2) is 0 Å². The number of carboxylic acid groups (broad SMARTS) is 1. The number of rotatable bonds is 7. The number of nitrogens with zero attached hydrogens (tertiary/aromatic N) is 1. The molecule has 2 unspecified atom stereocenters. The van der Waals surface area contributed by atoms with E-state index in [9.17, 15) is 4.79 Å². The van der Waals surface area contributed by atoms with E-state index in [0.29, 0.717) is 3.53 Å². The lowest BCUT2D eigenvalue weighted by Gasteiger charge is -2.20. The Kier molecular flexibility index (Phi) is 8.56. The van der Waals surface area contributed by atoms with E-state index in [1.165, 1.54) is 11.8 Å². The first-order valence-corrected chi connectivity index (χ1v) is 7.31. The van der Waals surface area contributed by atoms with Crippen molar-refractivity contribution in [3.8, 4) is 6.07 Å². The molecule has 0 spiro atoms. The number of carbonyl (C=O) groups is 1. The van der Waals surface area contributed by atoms with Gasteiger partial charge in [-0.1, -0.05) is 24.0 Å². The van der Waals surface area contributed by atoms with Gasteiger partial charge in [0.2, 0.25) is 0 Å². The van der Waals surface area contributed by atoms with E-state index in [1.807, 2.05) is 0 Å². The normalized spacial score (nSPS) is 15.4. The molecule has 0 aromatic heterocycles. The first-order valence-electron chi connectivity index (χ1n) is 5.10. The molecule has 0 aliphatic heterocycles. The average molecular weight is 309 g/mol. The summed E-state index contributed by atoms with van der Waals surface area (Å²) in [4.78, 5) is 10.5. The molecular formula is C10H15NO4S3. The van der Waals surface area contributed by atoms with Gasteiger partial charge in [0.1, 0.15) is 8.28 Å². The highest BCUT2D eigenvalue weighted by Gasteiger charge is 2.27. The summed E-state index contributed by atoms with van der Waals surface area (Å²) in [7, 11) is 0. The molecule has 0 radical (unpaired) electrons. The molecule has 0 aromatic carbocycles. The predicted molar refractivity (Wildman–Crippen MR) is 76.6 cm³/mol. The summed E-state index contributed by atoms with van der Waals surface area (Å²) >= 11 is 7.34. The fourth-order valence-corrected chi connectivity index (χ4v) is 3.70. The predicted octanol–water partition coefficient (Wildman–Crippen LogP) is 1.24. The molecule has 102 valence electrons. The number of thioether (sulfide) groups is 2. The quantitative estimate of drug-likeness (QED) is 0.604. The minimum absolute atomic E-state index is 0.0936. The number of thiocarbonyl (C=S) groups is 1. The molecule has 0 aliphatic rings. The van der Waals surface area contributed by atoms with Crippen molar-refractivity contribution in [3.63, 3.8) is 0 Å². The largest absolute Gasteiger partial charge is 0.481 e. The van der Waals surface area contributed by atoms with Gasteiger partial charge < -0.3 is 15.3 Å². The zero-order valence-corrected chi connectivity index (χ0v) is 12.3. The van der Waals surface area contributed by atoms with Gasteiger partial charge in [-0.15, -0.1) is 11.8 Å². The van der Waals surface area contributed by atoms with E-state index < -0.39 is 16.8 Å². The second kappa shape index (κ2) is 8.72. The van der Waals surface area contributed by atoms with Crippen molar-refractivity contribution in [2.75, 3.05) is 12.4 Å². The van der Waals surface area contributed by atoms with Crippen LogP contribution in [0.5, 0.6) is 0 Å². The molecule has 0 fully saturated rings. The molecule has 0 rings (SSSR count). The Balaban J connectivity index is 4.22. The third-order valence-electron chi connectivity index (χ3n) is 1.97. The molecule has 0 aromatic rings. The maximum absolute atomic E-state index is 10.5. The second-order valence-corrected chi connectivity index (χ2v) is 7.46. The fraction of sp³-hybridized carbons (Fsp3) is 0.700. The summed E-state index contributed by atoms with van der Waals surface area (Å²) in [5.41, 5.74) is 0. The van der Waals surface area contributed by atoms with Crippen molar-refractivity contribution >= 4 is 45.2 Å². The van der Waals surface area contributed by atoms with Crippen LogP contribution in [0, 0.1) is 11.3 Å². The lowest BCUT2D eigenvalue weighted by molar-refractivity contribution is -0.137. The Morgan fingerprint density at radius 2 is 2.22 bits per heavy atom. The summed E-state index contributed by atoms with van der Waals surface area (Å²) in [6, 6.07) is 2.05. The Bertz CT molecular complexity index is 345. The maximum atomic E-state index is 10.5. The molecule has 18 heavy (non-hydrogen) atoms. The van der Waals surface area contributed by atoms with Gasteiger partial charge in [0.15, 0.2) is 0 Å². The fourth-order valence-electron chi connectivity index (χ4n) is 0.906. The van der Waals surface area contributed by atoms with Crippen LogP contribution in [0.3, 0.4) is 0 Å². The molecule has 2 atom stereocenters. The van der Waals surface area contributed by atoms with E-state index in [2.05, 4.69) is 6.07 Å². The van der Waals surface area contributed by atoms with Crippen molar-refractivity contribution in [1.29, 1.82) is 5.26 Å². The van der Waals surface area contributed by atoms with Gasteiger partial charge in [0, 0.05) is 12.2 Å². The topological polar surface area (TPSA) is 102 Å². The van der Waals surface area contributed by atoms with Crippen molar-refractivity contribution < 1.29 is 20.1 Å². The number of nitriles is 1. The van der Waals surface area contributed by atoms with Gasteiger partial charge in [0.25, 0.3) is 0 Å². The monoisotopic (exact) mass is 309 g/mol. The minimum Gasteiger partial charge on any atom is -0.481 e. The van der Waals surface area contributed by atoms with Crippen molar-refractivity contribution in [2.45, 2.75) is 30.6 Å². The van der Waals surface area contributed by atoms with Gasteiger partial charge >= 0.3 is 5.97 Å². The van der Waals surface area contributed by atoms with Crippen LogP contribution in [0.2, 0.25) is 0 Å². The summed E-state index contributed by atoms with van der Waals surface area (Å²) in [6.07, 6.45) is -0.739. The maximum Gasteiger partial charge on any atom is 0.303 e. The Labute approximate surface area is 120 Å². The lowest BCUT2D eigenvalue weighted by atomic mass is 10.1. The molecule has 3 N–H and O–H groups in total. The Hall–Kier alpha value is -0.330. The minimum atomic E-state index is -0.952. The number of hydrogen-bond donors (Lipinski definition) is 3. The highest BCUT2D eigenvalue weighted by Crippen LogP contribution is 2.34. The van der Waals surface area contributed by atoms with Crippen LogP contribution < -0.4 is 0 Å². The van der Waals surface area contributed by atoms with Gasteiger partial charge in [0.05, 0.1) is 18.8 Å². The molecule has 8 heteroatoms. The lowest BCUT2D eigenvalue weighted by Crippen LogP contribution is -2.21. The van der Waals surface area contributed by atoms with E-state index >= 15 is 0 Å². The second-order valence-electron chi connectivity index (χ2n) is 3.74. The number of carboxylic acids is 1. The van der Waals surface area contributed by atoms with E-state index in [4.69, 9.17) is 32.8 Å². The van der Waals surface area contributed by atoms with E-state index in [0.717, 1.165) is 11.8 Å². The van der Waals surface area contributed by atoms with Crippen LogP contribution in [0.4, 0.5) is 0 Å². The van der Waals surface area contributed by atoms with Crippen LogP contribution in [0.25, 0.3) is 0 Å². The highest BCUT2D eigenvalue weighted by molar-refractivity contribution is 8.47. The number of aliphatic hydroxyl groups excluding tert-OH is 2. The van der Waals surface area contributed by atoms with Crippen molar-refractivity contribution in [2.24, 2.45) is 0 Å². The first kappa shape index (κ1) is 17.7. The number of aliphatic carboxylic acids is 1. The summed E-state index contributed by atoms with van der Waals surface area (Å²) in [6.45, 7) is 1.30. The third kappa shape index (κ3) is 7.89. The first-order chi connectivity index (χ1) is 8.33. The van der Waals surface area contributed by atoms with E-state index in [-0.39, 0.29) is 25.2 Å². The molecule has 5 nitrogen and oxygen atoms in total. The van der Waals surface area contributed by atoms with Crippen LogP contribution in [-0.4, -0.2) is 48.0 Å². The molecule has 0 bridgehead atoms. The Morgan fingerprint density at radius 3 is 2.67 bits per heavy atom. The number of hydrogen-bond acceptors (Lipinski definition) is 7. The molecule has 0 saturated heterocycles. The summed E-state index contributed by atoms with van der Waals surface area (Å²) in [5.74, 6) is -0.700. The summed E-state index contributed by atoms with van der Waals surface area (Å²) < 4.78 is -0.427. The van der Waals surface area contributed by atoms with Crippen LogP contribution >= 0.6 is 35.7 Å². The zero-order valence-electron chi connectivity index (χ0n) is 9.83. The standard InChI is InChI=1S/C10H15NO4S3/c1-10(6-11,3-2-8(14)15)18-9(16)17-5-7(13)4-12/h7,12-13H,2-5H2,1H3,(H,14,15). The molecule has 0 aliphatic carbocycles. The van der Waals surface area contributed by atoms with Gasteiger partial charge in [-0.3, -0.25) is 4.79 Å². The molecular weight excluding hydrogens is 294 g/mol. The zero-order chi connectivity index (χ0) is 14.2. The molecule has 0 amide bonds. The highest BCUT2D eigenvalue weighted by atomic mass is 32.2. The van der Waals surface area contributed by atoms with Gasteiger partial charge in [-0.25, -0.2) is 0 Å². The van der Waals surface area contributed by atoms with Gasteiger partial charge in [-0.2, -0.15) is 5.26 Å². The van der Waals surface area contributed by atoms with Crippen LogP contribution in [0.1, 0.15) is 19.8 Å². The van der Waals surface area contributed by atoms with E-state index in [1.54, 1.807) is 6.92 Å². The third-order valence-corrected chi connectivity index (χ3v) is 4.87. The smallest absolute Gasteiger partial charge is 0.303 e. The van der Waals surface area contributed by atoms with Crippen molar-refractivity contribution in [1.82, 2.24) is 0 Å². The van der Waals surface area contributed by atoms with Crippen LogP contribution in [-0.2, 0) is 4.79 Å². The summed E-state index contributed by atoms with van der Waals surface area (Å²) in [5, 5.41) is 35.4. The van der Waals surface area contributed by atoms with Gasteiger partial charge in [-0.05, 0) is 13.3 Å². The molecule has 0 saturated carbocycles. The Morgan fingerprint density at radius 1 is 1.61 bits per heavy atom. The number of aliphatic hydroxyl groups is 2. The van der Waals surface area contributed by atoms with Crippen molar-refractivity contribution in [3.05, 3.63) is 0 Å². The molecule has 0 heterocycles. The SMILES string of the molecule is CC(C#N)(CCC(=O)O)SC(=S)SCC(O)CO.